The van der Waals surface area contributed by atoms with Gasteiger partial charge >= 0.3 is 0 Å². The van der Waals surface area contributed by atoms with Gasteiger partial charge < -0.3 is 10.6 Å². The first-order valence-electron chi connectivity index (χ1n) is 9.45. The van der Waals surface area contributed by atoms with Crippen molar-refractivity contribution in [3.05, 3.63) is 65.7 Å². The minimum atomic E-state index is -0.0300. The molecule has 0 radical (unpaired) electrons. The number of aryl methyl sites for hydroxylation is 1. The zero-order chi connectivity index (χ0) is 18.2. The van der Waals surface area contributed by atoms with Gasteiger partial charge in [-0.3, -0.25) is 9.59 Å². The summed E-state index contributed by atoms with van der Waals surface area (Å²) in [6.07, 6.45) is 6.73. The summed E-state index contributed by atoms with van der Waals surface area (Å²) in [6, 6.07) is 17.6. The van der Waals surface area contributed by atoms with Crippen molar-refractivity contribution in [2.75, 3.05) is 5.32 Å². The molecule has 0 saturated heterocycles. The van der Waals surface area contributed by atoms with E-state index >= 15 is 0 Å². The summed E-state index contributed by atoms with van der Waals surface area (Å²) in [5.74, 6) is -0.0262. The van der Waals surface area contributed by atoms with Crippen molar-refractivity contribution >= 4 is 17.5 Å². The molecular weight excluding hydrogens is 324 g/mol. The highest BCUT2D eigenvalue weighted by atomic mass is 16.2. The largest absolute Gasteiger partial charge is 0.349 e. The van der Waals surface area contributed by atoms with E-state index in [0.29, 0.717) is 18.0 Å². The smallest absolute Gasteiger partial charge is 0.251 e. The molecular formula is C22H26N2O2. The molecule has 0 aliphatic heterocycles. The first kappa shape index (κ1) is 18.2. The van der Waals surface area contributed by atoms with Crippen molar-refractivity contribution in [2.45, 2.75) is 51.0 Å². The predicted molar refractivity (Wildman–Crippen MR) is 104 cm³/mol. The highest BCUT2D eigenvalue weighted by Gasteiger charge is 2.17. The number of rotatable bonds is 7. The van der Waals surface area contributed by atoms with E-state index in [1.807, 2.05) is 18.2 Å². The lowest BCUT2D eigenvalue weighted by Gasteiger charge is -2.12. The summed E-state index contributed by atoms with van der Waals surface area (Å²) < 4.78 is 0. The summed E-state index contributed by atoms with van der Waals surface area (Å²) in [7, 11) is 0. The van der Waals surface area contributed by atoms with Crippen molar-refractivity contribution in [1.82, 2.24) is 5.32 Å². The molecule has 136 valence electrons. The Hall–Kier alpha value is -2.62. The maximum Gasteiger partial charge on any atom is 0.251 e. The lowest BCUT2D eigenvalue weighted by molar-refractivity contribution is -0.116. The summed E-state index contributed by atoms with van der Waals surface area (Å²) >= 11 is 0. The highest BCUT2D eigenvalue weighted by molar-refractivity contribution is 5.96. The number of anilines is 1. The van der Waals surface area contributed by atoms with Crippen LogP contribution in [0.4, 0.5) is 5.69 Å². The van der Waals surface area contributed by atoms with Crippen LogP contribution in [0.1, 0.15) is 54.4 Å². The highest BCUT2D eigenvalue weighted by Crippen LogP contribution is 2.18. The van der Waals surface area contributed by atoms with Gasteiger partial charge in [0.2, 0.25) is 5.91 Å². The molecule has 1 aliphatic carbocycles. The first-order valence-corrected chi connectivity index (χ1v) is 9.45. The monoisotopic (exact) mass is 350 g/mol. The van der Waals surface area contributed by atoms with Gasteiger partial charge in [0.25, 0.3) is 5.91 Å². The lowest BCUT2D eigenvalue weighted by atomic mass is 10.1. The van der Waals surface area contributed by atoms with Crippen molar-refractivity contribution in [2.24, 2.45) is 0 Å². The Morgan fingerprint density at radius 1 is 0.923 bits per heavy atom. The summed E-state index contributed by atoms with van der Waals surface area (Å²) in [5, 5.41) is 5.97. The fourth-order valence-electron chi connectivity index (χ4n) is 3.37. The quantitative estimate of drug-likeness (QED) is 0.781. The van der Waals surface area contributed by atoms with Crippen LogP contribution in [0.25, 0.3) is 0 Å². The third-order valence-corrected chi connectivity index (χ3v) is 4.83. The van der Waals surface area contributed by atoms with Crippen LogP contribution in [0.2, 0.25) is 0 Å². The van der Waals surface area contributed by atoms with Gasteiger partial charge in [0.05, 0.1) is 0 Å². The van der Waals surface area contributed by atoms with E-state index < -0.39 is 0 Å². The summed E-state index contributed by atoms with van der Waals surface area (Å²) in [5.41, 5.74) is 2.61. The van der Waals surface area contributed by atoms with Crippen molar-refractivity contribution in [1.29, 1.82) is 0 Å². The second-order valence-electron chi connectivity index (χ2n) is 6.92. The lowest BCUT2D eigenvalue weighted by Crippen LogP contribution is -2.32. The topological polar surface area (TPSA) is 58.2 Å². The number of hydrogen-bond donors (Lipinski definition) is 2. The molecule has 3 rings (SSSR count). The van der Waals surface area contributed by atoms with E-state index in [1.165, 1.54) is 18.4 Å². The standard InChI is InChI=1S/C22H26N2O2/c25-21(12-6-9-17-7-2-1-3-8-17)23-20-15-13-18(14-16-20)22(26)24-19-10-4-5-11-19/h1-3,7-8,13-16,19H,4-6,9-12H2,(H,23,25)(H,24,26). The van der Waals surface area contributed by atoms with Crippen LogP contribution in [0.5, 0.6) is 0 Å². The molecule has 2 aromatic rings. The molecule has 0 heterocycles. The van der Waals surface area contributed by atoms with Crippen molar-refractivity contribution < 1.29 is 9.59 Å². The molecule has 0 unspecified atom stereocenters. The van der Waals surface area contributed by atoms with Crippen molar-refractivity contribution in [3.63, 3.8) is 0 Å². The zero-order valence-corrected chi connectivity index (χ0v) is 15.0. The average molecular weight is 350 g/mol. The molecule has 4 heteroatoms. The second kappa shape index (κ2) is 9.18. The SMILES string of the molecule is O=C(CCCc1ccccc1)Nc1ccc(C(=O)NC2CCCC2)cc1. The van der Waals surface area contributed by atoms with E-state index in [0.717, 1.165) is 31.4 Å². The van der Waals surface area contributed by atoms with Crippen molar-refractivity contribution in [3.8, 4) is 0 Å². The Morgan fingerprint density at radius 3 is 2.31 bits per heavy atom. The van der Waals surface area contributed by atoms with Gasteiger partial charge in [0.1, 0.15) is 0 Å². The van der Waals surface area contributed by atoms with E-state index in [-0.39, 0.29) is 11.8 Å². The molecule has 0 bridgehead atoms. The molecule has 2 aromatic carbocycles. The Balaban J connectivity index is 1.43. The number of carbonyl (C=O) groups excluding carboxylic acids is 2. The molecule has 0 aromatic heterocycles. The zero-order valence-electron chi connectivity index (χ0n) is 15.0. The Kier molecular flexibility index (Phi) is 6.42. The van der Waals surface area contributed by atoms with Crippen LogP contribution in [0.3, 0.4) is 0 Å². The first-order chi connectivity index (χ1) is 12.7. The molecule has 2 amide bonds. The van der Waals surface area contributed by atoms with Gasteiger partial charge in [0.15, 0.2) is 0 Å². The van der Waals surface area contributed by atoms with Gasteiger partial charge in [-0.25, -0.2) is 0 Å². The molecule has 0 atom stereocenters. The Morgan fingerprint density at radius 2 is 1.62 bits per heavy atom. The molecule has 1 aliphatic rings. The summed E-state index contributed by atoms with van der Waals surface area (Å²) in [4.78, 5) is 24.3. The molecule has 4 nitrogen and oxygen atoms in total. The molecule has 1 fully saturated rings. The van der Waals surface area contributed by atoms with Crippen LogP contribution in [-0.4, -0.2) is 17.9 Å². The second-order valence-corrected chi connectivity index (χ2v) is 6.92. The third-order valence-electron chi connectivity index (χ3n) is 4.83. The minimum Gasteiger partial charge on any atom is -0.349 e. The van der Waals surface area contributed by atoms with Gasteiger partial charge in [0, 0.05) is 23.7 Å². The summed E-state index contributed by atoms with van der Waals surface area (Å²) in [6.45, 7) is 0. The Bertz CT molecular complexity index is 720. The van der Waals surface area contributed by atoms with E-state index in [9.17, 15) is 9.59 Å². The maximum atomic E-state index is 12.2. The fourth-order valence-corrected chi connectivity index (χ4v) is 3.37. The molecule has 26 heavy (non-hydrogen) atoms. The van der Waals surface area contributed by atoms with Crippen LogP contribution in [-0.2, 0) is 11.2 Å². The van der Waals surface area contributed by atoms with Crippen LogP contribution < -0.4 is 10.6 Å². The molecule has 1 saturated carbocycles. The van der Waals surface area contributed by atoms with E-state index in [1.54, 1.807) is 24.3 Å². The van der Waals surface area contributed by atoms with Gasteiger partial charge in [-0.15, -0.1) is 0 Å². The molecule has 2 N–H and O–H groups in total. The minimum absolute atomic E-state index is 0.00379. The van der Waals surface area contributed by atoms with Crippen LogP contribution >= 0.6 is 0 Å². The maximum absolute atomic E-state index is 12.2. The third kappa shape index (κ3) is 5.45. The number of benzene rings is 2. The normalized spacial score (nSPS) is 14.2. The number of hydrogen-bond acceptors (Lipinski definition) is 2. The van der Waals surface area contributed by atoms with Crippen LogP contribution in [0.15, 0.2) is 54.6 Å². The number of amides is 2. The van der Waals surface area contributed by atoms with E-state index in [4.69, 9.17) is 0 Å². The number of nitrogens with one attached hydrogen (secondary N) is 2. The fraction of sp³-hybridized carbons (Fsp3) is 0.364. The Labute approximate surface area is 155 Å². The molecule has 0 spiro atoms. The number of carbonyl (C=O) groups is 2. The average Bonchev–Trinajstić information content (AvgIpc) is 3.16. The van der Waals surface area contributed by atoms with Crippen LogP contribution in [0, 0.1) is 0 Å². The predicted octanol–water partition coefficient (Wildman–Crippen LogP) is 4.32. The van der Waals surface area contributed by atoms with E-state index in [2.05, 4.69) is 22.8 Å². The van der Waals surface area contributed by atoms with Gasteiger partial charge in [-0.2, -0.15) is 0 Å². The van der Waals surface area contributed by atoms with Gasteiger partial charge in [-0.05, 0) is 55.5 Å². The van der Waals surface area contributed by atoms with Gasteiger partial charge in [-0.1, -0.05) is 43.2 Å².